The van der Waals surface area contributed by atoms with E-state index in [0.29, 0.717) is 12.8 Å². The third kappa shape index (κ3) is 4.14. The molecule has 19 heavy (non-hydrogen) atoms. The monoisotopic (exact) mass is 273 g/mol. The minimum absolute atomic E-state index is 0.0360. The van der Waals surface area contributed by atoms with Gasteiger partial charge in [0.2, 0.25) is 5.82 Å². The van der Waals surface area contributed by atoms with Gasteiger partial charge >= 0.3 is 0 Å². The number of hydrogen-bond acceptors (Lipinski definition) is 3. The van der Waals surface area contributed by atoms with Crippen molar-refractivity contribution >= 4 is 0 Å². The molecule has 5 heteroatoms. The highest BCUT2D eigenvalue weighted by Gasteiger charge is 2.24. The number of likely N-dealkylation sites (N-methyl/N-ethyl adjacent to an activating group) is 1. The van der Waals surface area contributed by atoms with Crippen LogP contribution in [-0.4, -0.2) is 30.9 Å². The van der Waals surface area contributed by atoms with Crippen molar-refractivity contribution in [1.29, 1.82) is 0 Å². The molecule has 0 saturated carbocycles. The molecule has 1 atom stereocenters. The average molecular weight is 273 g/mol. The predicted octanol–water partition coefficient (Wildman–Crippen LogP) is 2.48. The van der Waals surface area contributed by atoms with Gasteiger partial charge in [0, 0.05) is 5.54 Å². The molecule has 1 rings (SSSR count). The third-order valence-electron chi connectivity index (χ3n) is 3.48. The first-order chi connectivity index (χ1) is 9.08. The molecule has 0 aliphatic heterocycles. The fraction of sp³-hybridized carbons (Fsp3) is 0.571. The van der Waals surface area contributed by atoms with Crippen LogP contribution in [0.3, 0.4) is 0 Å². The minimum Gasteiger partial charge on any atom is -0.490 e. The zero-order valence-corrected chi connectivity index (χ0v) is 11.4. The van der Waals surface area contributed by atoms with Crippen molar-refractivity contribution < 1.29 is 18.6 Å². The van der Waals surface area contributed by atoms with Crippen LogP contribution in [0.2, 0.25) is 0 Å². The lowest BCUT2D eigenvalue weighted by atomic mass is 9.92. The van der Waals surface area contributed by atoms with Gasteiger partial charge in [0.25, 0.3) is 0 Å². The van der Waals surface area contributed by atoms with E-state index in [4.69, 9.17) is 4.74 Å². The summed E-state index contributed by atoms with van der Waals surface area (Å²) in [6.07, 6.45) is 2.13. The smallest absolute Gasteiger partial charge is 0.200 e. The lowest BCUT2D eigenvalue weighted by Crippen LogP contribution is -2.46. The molecular formula is C14H21F2NO2. The van der Waals surface area contributed by atoms with Gasteiger partial charge in [-0.2, -0.15) is 4.39 Å². The number of rotatable bonds is 8. The van der Waals surface area contributed by atoms with E-state index >= 15 is 0 Å². The summed E-state index contributed by atoms with van der Waals surface area (Å²) in [5, 5.41) is 12.5. The number of aliphatic hydroxyl groups is 1. The zero-order valence-electron chi connectivity index (χ0n) is 11.4. The Bertz CT molecular complexity index is 387. The Morgan fingerprint density at radius 1 is 1.37 bits per heavy atom. The molecule has 0 saturated heterocycles. The molecule has 2 N–H and O–H groups in total. The van der Waals surface area contributed by atoms with Crippen molar-refractivity contribution in [2.45, 2.75) is 31.7 Å². The van der Waals surface area contributed by atoms with Crippen molar-refractivity contribution in [2.24, 2.45) is 0 Å². The summed E-state index contributed by atoms with van der Waals surface area (Å²) in [7, 11) is 1.80. The van der Waals surface area contributed by atoms with Gasteiger partial charge in [-0.05, 0) is 38.4 Å². The molecule has 108 valence electrons. The fourth-order valence-corrected chi connectivity index (χ4v) is 1.94. The summed E-state index contributed by atoms with van der Waals surface area (Å²) in [5.41, 5.74) is -0.330. The number of halogens is 2. The molecule has 0 radical (unpaired) electrons. The Morgan fingerprint density at radius 2 is 2.11 bits per heavy atom. The maximum atomic E-state index is 13.3. The molecule has 0 bridgehead atoms. The Kier molecular flexibility index (Phi) is 6.18. The van der Waals surface area contributed by atoms with E-state index in [1.807, 2.05) is 6.92 Å². The maximum absolute atomic E-state index is 13.3. The molecule has 0 aliphatic rings. The van der Waals surface area contributed by atoms with E-state index in [9.17, 15) is 13.9 Å². The number of ether oxygens (including phenoxy) is 1. The van der Waals surface area contributed by atoms with Crippen LogP contribution in [-0.2, 0) is 0 Å². The fourth-order valence-electron chi connectivity index (χ4n) is 1.94. The number of hydrogen-bond donors (Lipinski definition) is 2. The number of aliphatic hydroxyl groups excluding tert-OH is 1. The van der Waals surface area contributed by atoms with Crippen molar-refractivity contribution in [3.05, 3.63) is 29.8 Å². The van der Waals surface area contributed by atoms with Crippen LogP contribution in [0.5, 0.6) is 5.75 Å². The molecule has 0 amide bonds. The summed E-state index contributed by atoms with van der Waals surface area (Å²) in [4.78, 5) is 0. The molecular weight excluding hydrogens is 252 g/mol. The summed E-state index contributed by atoms with van der Waals surface area (Å²) >= 11 is 0. The van der Waals surface area contributed by atoms with E-state index in [2.05, 4.69) is 5.32 Å². The van der Waals surface area contributed by atoms with Crippen LogP contribution in [0.4, 0.5) is 8.78 Å². The van der Waals surface area contributed by atoms with E-state index < -0.39 is 11.6 Å². The van der Waals surface area contributed by atoms with E-state index in [1.165, 1.54) is 12.1 Å². The second-order valence-corrected chi connectivity index (χ2v) is 4.55. The second-order valence-electron chi connectivity index (χ2n) is 4.55. The zero-order chi connectivity index (χ0) is 14.3. The summed E-state index contributed by atoms with van der Waals surface area (Å²) in [6.45, 7) is 2.30. The lowest BCUT2D eigenvalue weighted by Gasteiger charge is -2.30. The van der Waals surface area contributed by atoms with Gasteiger partial charge in [0.05, 0.1) is 13.2 Å². The highest BCUT2D eigenvalue weighted by Crippen LogP contribution is 2.21. The Morgan fingerprint density at radius 3 is 2.68 bits per heavy atom. The molecule has 0 spiro atoms. The minimum atomic E-state index is -0.958. The van der Waals surface area contributed by atoms with Gasteiger partial charge in [0.1, 0.15) is 0 Å². The predicted molar refractivity (Wildman–Crippen MR) is 70.3 cm³/mol. The molecule has 0 heterocycles. The molecule has 0 aliphatic carbocycles. The maximum Gasteiger partial charge on any atom is 0.200 e. The van der Waals surface area contributed by atoms with Crippen LogP contribution >= 0.6 is 0 Å². The second kappa shape index (κ2) is 7.40. The first-order valence-electron chi connectivity index (χ1n) is 6.45. The molecule has 1 unspecified atom stereocenters. The van der Waals surface area contributed by atoms with Gasteiger partial charge in [-0.15, -0.1) is 0 Å². The SMILES string of the molecule is CCC(CO)(CCCOc1cccc(F)c1F)NC. The quantitative estimate of drug-likeness (QED) is 0.715. The highest BCUT2D eigenvalue weighted by atomic mass is 19.2. The van der Waals surface area contributed by atoms with Crippen molar-refractivity contribution in [2.75, 3.05) is 20.3 Å². The number of benzene rings is 1. The van der Waals surface area contributed by atoms with Crippen LogP contribution in [0.25, 0.3) is 0 Å². The normalized spacial score (nSPS) is 14.2. The standard InChI is InChI=1S/C14H21F2NO2/c1-3-14(10-18,17-2)8-5-9-19-12-7-4-6-11(15)13(12)16/h4,6-7,17-18H,3,5,8-10H2,1-2H3. The van der Waals surface area contributed by atoms with Crippen LogP contribution in [0.1, 0.15) is 26.2 Å². The highest BCUT2D eigenvalue weighted by molar-refractivity contribution is 5.24. The molecule has 1 aromatic rings. The van der Waals surface area contributed by atoms with Gasteiger partial charge < -0.3 is 15.2 Å². The van der Waals surface area contributed by atoms with Crippen LogP contribution in [0, 0.1) is 11.6 Å². The lowest BCUT2D eigenvalue weighted by molar-refractivity contribution is 0.144. The summed E-state index contributed by atoms with van der Waals surface area (Å²) in [5.74, 6) is -1.94. The Labute approximate surface area is 112 Å². The molecule has 0 aromatic heterocycles. The van der Waals surface area contributed by atoms with E-state index in [0.717, 1.165) is 12.5 Å². The third-order valence-corrected chi connectivity index (χ3v) is 3.48. The van der Waals surface area contributed by atoms with Gasteiger partial charge in [-0.25, -0.2) is 4.39 Å². The summed E-state index contributed by atoms with van der Waals surface area (Å²) in [6, 6.07) is 3.86. The Hall–Kier alpha value is -1.20. The molecule has 3 nitrogen and oxygen atoms in total. The van der Waals surface area contributed by atoms with E-state index in [1.54, 1.807) is 7.05 Å². The van der Waals surface area contributed by atoms with Crippen molar-refractivity contribution in [3.63, 3.8) is 0 Å². The largest absolute Gasteiger partial charge is 0.490 e. The molecule has 0 fully saturated rings. The van der Waals surface area contributed by atoms with Crippen LogP contribution in [0.15, 0.2) is 18.2 Å². The van der Waals surface area contributed by atoms with Crippen molar-refractivity contribution in [3.8, 4) is 5.75 Å². The van der Waals surface area contributed by atoms with Gasteiger partial charge in [-0.3, -0.25) is 0 Å². The summed E-state index contributed by atoms with van der Waals surface area (Å²) < 4.78 is 31.5. The first-order valence-corrected chi connectivity index (χ1v) is 6.45. The average Bonchev–Trinajstić information content (AvgIpc) is 2.44. The first kappa shape index (κ1) is 15.9. The number of nitrogens with one attached hydrogen (secondary N) is 1. The Balaban J connectivity index is 2.44. The van der Waals surface area contributed by atoms with E-state index in [-0.39, 0.29) is 24.5 Å². The molecule has 1 aromatic carbocycles. The van der Waals surface area contributed by atoms with Crippen LogP contribution < -0.4 is 10.1 Å². The topological polar surface area (TPSA) is 41.5 Å². The van der Waals surface area contributed by atoms with Gasteiger partial charge in [0.15, 0.2) is 11.6 Å². The van der Waals surface area contributed by atoms with Crippen molar-refractivity contribution in [1.82, 2.24) is 5.32 Å². The van der Waals surface area contributed by atoms with Gasteiger partial charge in [-0.1, -0.05) is 13.0 Å².